The van der Waals surface area contributed by atoms with Crippen LogP contribution in [0.2, 0.25) is 0 Å². The summed E-state index contributed by atoms with van der Waals surface area (Å²) in [6.07, 6.45) is 3.73. The maximum absolute atomic E-state index is 12.3. The van der Waals surface area contributed by atoms with E-state index in [1.165, 1.54) is 10.5 Å². The fourth-order valence-corrected chi connectivity index (χ4v) is 3.68. The van der Waals surface area contributed by atoms with Crippen LogP contribution in [0.3, 0.4) is 0 Å². The van der Waals surface area contributed by atoms with Crippen molar-refractivity contribution in [3.05, 3.63) is 24.5 Å². The molecule has 17 heavy (non-hydrogen) atoms. The van der Waals surface area contributed by atoms with Gasteiger partial charge in [-0.25, -0.2) is 8.42 Å². The molecule has 0 aliphatic carbocycles. The summed E-state index contributed by atoms with van der Waals surface area (Å²) in [5, 5.41) is -0.116. The van der Waals surface area contributed by atoms with Gasteiger partial charge in [0, 0.05) is 30.9 Å². The molecule has 0 bridgehead atoms. The van der Waals surface area contributed by atoms with Crippen LogP contribution in [0.4, 0.5) is 0 Å². The number of alkyl halides is 1. The van der Waals surface area contributed by atoms with Gasteiger partial charge in [0.15, 0.2) is 0 Å². The van der Waals surface area contributed by atoms with Crippen molar-refractivity contribution >= 4 is 21.6 Å². The molecule has 0 amide bonds. The van der Waals surface area contributed by atoms with Crippen molar-refractivity contribution in [3.8, 4) is 0 Å². The number of hydrogen-bond acceptors (Lipinski definition) is 3. The van der Waals surface area contributed by atoms with Gasteiger partial charge in [-0.05, 0) is 24.5 Å². The molecule has 1 aromatic heterocycles. The van der Waals surface area contributed by atoms with E-state index >= 15 is 0 Å². The average Bonchev–Trinajstić information content (AvgIpc) is 2.33. The molecule has 1 aliphatic heterocycles. The molecule has 1 saturated heterocycles. The molecule has 2 heterocycles. The normalized spacial score (nSPS) is 26.9. The number of piperidine rings is 1. The quantitative estimate of drug-likeness (QED) is 0.772. The Bertz CT molecular complexity index is 478. The summed E-state index contributed by atoms with van der Waals surface area (Å²) in [5.41, 5.74) is 0. The Hall–Kier alpha value is -0.650. The lowest BCUT2D eigenvalue weighted by Crippen LogP contribution is -2.43. The molecule has 2 rings (SSSR count). The lowest BCUT2D eigenvalue weighted by Gasteiger charge is -2.32. The van der Waals surface area contributed by atoms with Gasteiger partial charge in [0.2, 0.25) is 10.0 Å². The molecule has 6 heteroatoms. The third-order valence-corrected chi connectivity index (χ3v) is 5.52. The molecule has 94 valence electrons. The summed E-state index contributed by atoms with van der Waals surface area (Å²) >= 11 is 6.13. The second-order valence-electron chi connectivity index (χ2n) is 4.33. The van der Waals surface area contributed by atoms with Gasteiger partial charge in [-0.2, -0.15) is 4.31 Å². The monoisotopic (exact) mass is 274 g/mol. The maximum Gasteiger partial charge on any atom is 0.244 e. The van der Waals surface area contributed by atoms with Crippen LogP contribution in [-0.2, 0) is 10.0 Å². The zero-order valence-corrected chi connectivity index (χ0v) is 11.2. The molecule has 0 radical (unpaired) electrons. The summed E-state index contributed by atoms with van der Waals surface area (Å²) < 4.78 is 26.0. The van der Waals surface area contributed by atoms with Gasteiger partial charge in [0.25, 0.3) is 0 Å². The number of aromatic nitrogens is 1. The van der Waals surface area contributed by atoms with E-state index in [-0.39, 0.29) is 10.3 Å². The molecule has 1 aliphatic rings. The fraction of sp³-hybridized carbons (Fsp3) is 0.545. The van der Waals surface area contributed by atoms with Gasteiger partial charge in [-0.3, -0.25) is 4.98 Å². The van der Waals surface area contributed by atoms with Crippen molar-refractivity contribution in [1.82, 2.24) is 9.29 Å². The van der Waals surface area contributed by atoms with E-state index in [4.69, 9.17) is 11.6 Å². The van der Waals surface area contributed by atoms with Crippen LogP contribution in [-0.4, -0.2) is 36.2 Å². The van der Waals surface area contributed by atoms with Crippen LogP contribution in [0.1, 0.15) is 13.3 Å². The van der Waals surface area contributed by atoms with Gasteiger partial charge >= 0.3 is 0 Å². The summed E-state index contributed by atoms with van der Waals surface area (Å²) in [6.45, 7) is 2.95. The molecule has 0 aromatic carbocycles. The summed E-state index contributed by atoms with van der Waals surface area (Å²) in [5.74, 6) is 0.358. The minimum absolute atomic E-state index is 0.116. The number of pyridine rings is 1. The number of hydrogen-bond donors (Lipinski definition) is 0. The first-order valence-electron chi connectivity index (χ1n) is 5.56. The standard InChI is InChI=1S/C11H15ClN2O2S/c1-9-4-6-14(8-11(9)12)17(15,16)10-3-2-5-13-7-10/h2-3,5,7,9,11H,4,6,8H2,1H3. The topological polar surface area (TPSA) is 50.3 Å². The van der Waals surface area contributed by atoms with E-state index in [1.807, 2.05) is 6.92 Å². The highest BCUT2D eigenvalue weighted by Gasteiger charge is 2.32. The first kappa shape index (κ1) is 12.8. The third-order valence-electron chi connectivity index (χ3n) is 3.10. The molecule has 1 fully saturated rings. The second-order valence-corrected chi connectivity index (χ2v) is 6.83. The number of sulfonamides is 1. The van der Waals surface area contributed by atoms with Gasteiger partial charge in [0.1, 0.15) is 4.90 Å². The second kappa shape index (κ2) is 4.92. The molecule has 1 aromatic rings. The molecule has 0 saturated carbocycles. The Kier molecular flexibility index (Phi) is 3.70. The summed E-state index contributed by atoms with van der Waals surface area (Å²) in [6, 6.07) is 3.18. The zero-order chi connectivity index (χ0) is 12.5. The summed E-state index contributed by atoms with van der Waals surface area (Å²) in [7, 11) is -3.43. The van der Waals surface area contributed by atoms with Crippen molar-refractivity contribution < 1.29 is 8.42 Å². The minimum Gasteiger partial charge on any atom is -0.263 e. The Labute approximate surface area is 107 Å². The first-order chi connectivity index (χ1) is 8.01. The smallest absolute Gasteiger partial charge is 0.244 e. The predicted octanol–water partition coefficient (Wildman–Crippen LogP) is 1.72. The van der Waals surface area contributed by atoms with Crippen LogP contribution >= 0.6 is 11.6 Å². The Balaban J connectivity index is 2.23. The van der Waals surface area contributed by atoms with E-state index < -0.39 is 10.0 Å². The molecule has 0 N–H and O–H groups in total. The number of nitrogens with zero attached hydrogens (tertiary/aromatic N) is 2. The van der Waals surface area contributed by atoms with Crippen molar-refractivity contribution in [3.63, 3.8) is 0 Å². The van der Waals surface area contributed by atoms with E-state index in [0.717, 1.165) is 6.42 Å². The van der Waals surface area contributed by atoms with Crippen molar-refractivity contribution in [2.45, 2.75) is 23.6 Å². The molecule has 0 spiro atoms. The maximum atomic E-state index is 12.3. The van der Waals surface area contributed by atoms with Gasteiger partial charge in [-0.15, -0.1) is 11.6 Å². The largest absolute Gasteiger partial charge is 0.263 e. The fourth-order valence-electron chi connectivity index (χ4n) is 1.86. The predicted molar refractivity (Wildman–Crippen MR) is 66.4 cm³/mol. The van der Waals surface area contributed by atoms with Crippen LogP contribution in [0.15, 0.2) is 29.4 Å². The van der Waals surface area contributed by atoms with E-state index in [9.17, 15) is 8.42 Å². The number of halogens is 1. The van der Waals surface area contributed by atoms with Gasteiger partial charge in [0.05, 0.1) is 0 Å². The lowest BCUT2D eigenvalue weighted by molar-refractivity contribution is 0.293. The van der Waals surface area contributed by atoms with E-state index in [1.54, 1.807) is 18.3 Å². The first-order valence-corrected chi connectivity index (χ1v) is 7.43. The average molecular weight is 275 g/mol. The minimum atomic E-state index is -3.43. The van der Waals surface area contributed by atoms with Crippen molar-refractivity contribution in [1.29, 1.82) is 0 Å². The Morgan fingerprint density at radius 3 is 2.88 bits per heavy atom. The van der Waals surface area contributed by atoms with Crippen LogP contribution in [0.25, 0.3) is 0 Å². The van der Waals surface area contributed by atoms with Crippen LogP contribution in [0.5, 0.6) is 0 Å². The Morgan fingerprint density at radius 1 is 1.53 bits per heavy atom. The molecule has 4 nitrogen and oxygen atoms in total. The Morgan fingerprint density at radius 2 is 2.29 bits per heavy atom. The van der Waals surface area contributed by atoms with Crippen LogP contribution in [0, 0.1) is 5.92 Å². The van der Waals surface area contributed by atoms with Crippen molar-refractivity contribution in [2.75, 3.05) is 13.1 Å². The van der Waals surface area contributed by atoms with Gasteiger partial charge in [-0.1, -0.05) is 6.92 Å². The van der Waals surface area contributed by atoms with E-state index in [0.29, 0.717) is 19.0 Å². The molecule has 2 unspecified atom stereocenters. The third kappa shape index (κ3) is 2.61. The lowest BCUT2D eigenvalue weighted by atomic mass is 10.0. The molecular weight excluding hydrogens is 260 g/mol. The van der Waals surface area contributed by atoms with E-state index in [2.05, 4.69) is 4.98 Å². The number of rotatable bonds is 2. The SMILES string of the molecule is CC1CCN(S(=O)(=O)c2cccnc2)CC1Cl. The zero-order valence-electron chi connectivity index (χ0n) is 9.58. The summed E-state index contributed by atoms with van der Waals surface area (Å²) in [4.78, 5) is 4.08. The highest BCUT2D eigenvalue weighted by atomic mass is 35.5. The van der Waals surface area contributed by atoms with Crippen molar-refractivity contribution in [2.24, 2.45) is 5.92 Å². The highest BCUT2D eigenvalue weighted by Crippen LogP contribution is 2.26. The highest BCUT2D eigenvalue weighted by molar-refractivity contribution is 7.89. The molecule has 2 atom stereocenters. The van der Waals surface area contributed by atoms with Crippen LogP contribution < -0.4 is 0 Å². The molecular formula is C11H15ClN2O2S. The van der Waals surface area contributed by atoms with Gasteiger partial charge < -0.3 is 0 Å².